The first-order valence-electron chi connectivity index (χ1n) is 7.54. The van der Waals surface area contributed by atoms with Gasteiger partial charge in [0, 0.05) is 41.1 Å². The summed E-state index contributed by atoms with van der Waals surface area (Å²) < 4.78 is 2.39. The standard InChI is InChI=1S/C20H14N2/c1-2-6-15(7-3-1)22-18-9-5-4-8-17(18)20-16-10-11-21-13-14(16)12-19(20)22/h1-11,13H,12H2. The molecule has 0 atom stereocenters. The van der Waals surface area contributed by atoms with Gasteiger partial charge < -0.3 is 4.57 Å². The lowest BCUT2D eigenvalue weighted by atomic mass is 10.1. The monoisotopic (exact) mass is 282 g/mol. The van der Waals surface area contributed by atoms with Crippen molar-refractivity contribution in [2.75, 3.05) is 0 Å². The summed E-state index contributed by atoms with van der Waals surface area (Å²) in [6.45, 7) is 0. The molecule has 0 unspecified atom stereocenters. The molecule has 2 aromatic carbocycles. The summed E-state index contributed by atoms with van der Waals surface area (Å²) in [4.78, 5) is 4.29. The molecule has 22 heavy (non-hydrogen) atoms. The number of benzene rings is 2. The molecular weight excluding hydrogens is 268 g/mol. The summed E-state index contributed by atoms with van der Waals surface area (Å²) in [7, 11) is 0. The zero-order valence-corrected chi connectivity index (χ0v) is 12.0. The third-order valence-corrected chi connectivity index (χ3v) is 4.52. The molecule has 1 aliphatic rings. The molecule has 5 rings (SSSR count). The normalized spacial score (nSPS) is 12.4. The molecule has 4 aromatic rings. The largest absolute Gasteiger partial charge is 0.313 e. The van der Waals surface area contributed by atoms with Crippen LogP contribution >= 0.6 is 0 Å². The Hall–Kier alpha value is -2.87. The fraction of sp³-hybridized carbons (Fsp3) is 0.0500. The van der Waals surface area contributed by atoms with E-state index >= 15 is 0 Å². The predicted octanol–water partition coefficient (Wildman–Crippen LogP) is 4.60. The summed E-state index contributed by atoms with van der Waals surface area (Å²) in [6.07, 6.45) is 4.84. The molecule has 2 heteroatoms. The number of aromatic nitrogens is 2. The molecular formula is C20H14N2. The minimum atomic E-state index is 0.947. The van der Waals surface area contributed by atoms with Gasteiger partial charge in [-0.05, 0) is 35.4 Å². The summed E-state index contributed by atoms with van der Waals surface area (Å²) in [5, 5.41) is 1.33. The fourth-order valence-corrected chi connectivity index (χ4v) is 3.62. The van der Waals surface area contributed by atoms with E-state index in [4.69, 9.17) is 0 Å². The summed E-state index contributed by atoms with van der Waals surface area (Å²) >= 11 is 0. The fourth-order valence-electron chi connectivity index (χ4n) is 3.62. The molecule has 0 aliphatic heterocycles. The van der Waals surface area contributed by atoms with E-state index in [-0.39, 0.29) is 0 Å². The number of fused-ring (bicyclic) bond motifs is 5. The maximum absolute atomic E-state index is 4.29. The Morgan fingerprint density at radius 2 is 1.68 bits per heavy atom. The van der Waals surface area contributed by atoms with Crippen LogP contribution in [0.3, 0.4) is 0 Å². The van der Waals surface area contributed by atoms with Gasteiger partial charge in [0.1, 0.15) is 0 Å². The third-order valence-electron chi connectivity index (χ3n) is 4.52. The van der Waals surface area contributed by atoms with Crippen LogP contribution in [0.25, 0.3) is 27.7 Å². The molecule has 1 aliphatic carbocycles. The van der Waals surface area contributed by atoms with Crippen molar-refractivity contribution in [3.8, 4) is 16.8 Å². The molecule has 0 bridgehead atoms. The van der Waals surface area contributed by atoms with Crippen molar-refractivity contribution in [3.05, 3.63) is 84.3 Å². The van der Waals surface area contributed by atoms with E-state index in [2.05, 4.69) is 70.2 Å². The molecule has 0 fully saturated rings. The molecule has 0 N–H and O–H groups in total. The molecule has 2 nitrogen and oxygen atoms in total. The van der Waals surface area contributed by atoms with E-state index in [0.717, 1.165) is 6.42 Å². The van der Waals surface area contributed by atoms with Crippen LogP contribution in [0.2, 0.25) is 0 Å². The van der Waals surface area contributed by atoms with Crippen molar-refractivity contribution < 1.29 is 0 Å². The molecule has 0 spiro atoms. The predicted molar refractivity (Wildman–Crippen MR) is 89.3 cm³/mol. The van der Waals surface area contributed by atoms with Crippen molar-refractivity contribution in [1.29, 1.82) is 0 Å². The second-order valence-electron chi connectivity index (χ2n) is 5.72. The van der Waals surface area contributed by atoms with E-state index in [1.54, 1.807) is 0 Å². The van der Waals surface area contributed by atoms with Crippen molar-refractivity contribution in [3.63, 3.8) is 0 Å². The second kappa shape index (κ2) is 4.31. The van der Waals surface area contributed by atoms with Crippen LogP contribution < -0.4 is 0 Å². The maximum atomic E-state index is 4.29. The lowest BCUT2D eigenvalue weighted by molar-refractivity contribution is 1.00. The van der Waals surface area contributed by atoms with E-state index in [0.29, 0.717) is 0 Å². The second-order valence-corrected chi connectivity index (χ2v) is 5.72. The highest BCUT2D eigenvalue weighted by atomic mass is 15.0. The van der Waals surface area contributed by atoms with Gasteiger partial charge in [0.15, 0.2) is 0 Å². The Morgan fingerprint density at radius 3 is 2.59 bits per heavy atom. The van der Waals surface area contributed by atoms with Gasteiger partial charge in [0.05, 0.1) is 5.52 Å². The van der Waals surface area contributed by atoms with Crippen molar-refractivity contribution in [2.45, 2.75) is 6.42 Å². The van der Waals surface area contributed by atoms with E-state index in [9.17, 15) is 0 Å². The lowest BCUT2D eigenvalue weighted by Gasteiger charge is -2.09. The van der Waals surface area contributed by atoms with E-state index < -0.39 is 0 Å². The van der Waals surface area contributed by atoms with Crippen LogP contribution in [0.4, 0.5) is 0 Å². The average molecular weight is 282 g/mol. The minimum absolute atomic E-state index is 0.947. The van der Waals surface area contributed by atoms with Crippen LogP contribution in [0.5, 0.6) is 0 Å². The molecule has 2 aromatic heterocycles. The molecule has 0 saturated carbocycles. The van der Waals surface area contributed by atoms with Gasteiger partial charge in [-0.2, -0.15) is 0 Å². The first-order chi connectivity index (χ1) is 10.9. The first kappa shape index (κ1) is 11.8. The smallest absolute Gasteiger partial charge is 0.0538 e. The van der Waals surface area contributed by atoms with Crippen LogP contribution in [0, 0.1) is 0 Å². The van der Waals surface area contributed by atoms with Crippen LogP contribution in [0.1, 0.15) is 11.3 Å². The Morgan fingerprint density at radius 1 is 0.864 bits per heavy atom. The summed E-state index contributed by atoms with van der Waals surface area (Å²) in [6, 6.07) is 21.4. The molecule has 0 radical (unpaired) electrons. The molecule has 2 heterocycles. The summed E-state index contributed by atoms with van der Waals surface area (Å²) in [5.41, 5.74) is 7.90. The van der Waals surface area contributed by atoms with Crippen LogP contribution in [0.15, 0.2) is 73.1 Å². The van der Waals surface area contributed by atoms with Gasteiger partial charge in [-0.3, -0.25) is 4.98 Å². The van der Waals surface area contributed by atoms with Crippen molar-refractivity contribution >= 4 is 10.9 Å². The molecule has 0 saturated heterocycles. The van der Waals surface area contributed by atoms with Crippen molar-refractivity contribution in [2.24, 2.45) is 0 Å². The van der Waals surface area contributed by atoms with Gasteiger partial charge >= 0.3 is 0 Å². The van der Waals surface area contributed by atoms with Gasteiger partial charge in [-0.25, -0.2) is 0 Å². The number of hydrogen-bond acceptors (Lipinski definition) is 1. The summed E-state index contributed by atoms with van der Waals surface area (Å²) in [5.74, 6) is 0. The van der Waals surface area contributed by atoms with Gasteiger partial charge in [-0.1, -0.05) is 36.4 Å². The third kappa shape index (κ3) is 1.47. The van der Waals surface area contributed by atoms with Crippen molar-refractivity contribution in [1.82, 2.24) is 9.55 Å². The Bertz CT molecular complexity index is 982. The SMILES string of the molecule is c1ccc(-n2c3c(c4ccccc42)-c2ccncc2C3)cc1. The minimum Gasteiger partial charge on any atom is -0.313 e. The van der Waals surface area contributed by atoms with Crippen LogP contribution in [-0.4, -0.2) is 9.55 Å². The molecule has 104 valence electrons. The lowest BCUT2D eigenvalue weighted by Crippen LogP contribution is -1.98. The van der Waals surface area contributed by atoms with Crippen LogP contribution in [-0.2, 0) is 6.42 Å². The number of hydrogen-bond donors (Lipinski definition) is 0. The zero-order valence-electron chi connectivity index (χ0n) is 12.0. The van der Waals surface area contributed by atoms with Gasteiger partial charge in [0.25, 0.3) is 0 Å². The zero-order chi connectivity index (χ0) is 14.5. The number of nitrogens with zero attached hydrogens (tertiary/aromatic N) is 2. The topological polar surface area (TPSA) is 17.8 Å². The Labute approximate surface area is 128 Å². The highest BCUT2D eigenvalue weighted by molar-refractivity contribution is 6.01. The Kier molecular flexibility index (Phi) is 2.30. The quantitative estimate of drug-likeness (QED) is 0.439. The highest BCUT2D eigenvalue weighted by Crippen LogP contribution is 2.44. The first-order valence-corrected chi connectivity index (χ1v) is 7.54. The van der Waals surface area contributed by atoms with Gasteiger partial charge in [-0.15, -0.1) is 0 Å². The maximum Gasteiger partial charge on any atom is 0.0538 e. The number of para-hydroxylation sites is 2. The van der Waals surface area contributed by atoms with Gasteiger partial charge in [0.2, 0.25) is 0 Å². The number of pyridine rings is 1. The molecule has 0 amide bonds. The van der Waals surface area contributed by atoms with E-state index in [1.807, 2.05) is 12.4 Å². The highest BCUT2D eigenvalue weighted by Gasteiger charge is 2.26. The number of rotatable bonds is 1. The average Bonchev–Trinajstić information content (AvgIpc) is 3.10. The van der Waals surface area contributed by atoms with E-state index in [1.165, 1.54) is 39.0 Å². The Balaban J connectivity index is 1.93.